The molecular weight excluding hydrogens is 344 g/mol. The van der Waals surface area contributed by atoms with Gasteiger partial charge < -0.3 is 11.1 Å². The van der Waals surface area contributed by atoms with Crippen LogP contribution in [-0.2, 0) is 6.54 Å². The van der Waals surface area contributed by atoms with E-state index in [0.717, 1.165) is 33.3 Å². The zero-order chi connectivity index (χ0) is 19.5. The van der Waals surface area contributed by atoms with Gasteiger partial charge in [-0.15, -0.1) is 0 Å². The summed E-state index contributed by atoms with van der Waals surface area (Å²) in [7, 11) is 0. The van der Waals surface area contributed by atoms with Crippen molar-refractivity contribution < 1.29 is 0 Å². The molecule has 4 rings (SSSR count). The van der Waals surface area contributed by atoms with E-state index in [1.165, 1.54) is 5.56 Å². The molecule has 4 heteroatoms. The summed E-state index contributed by atoms with van der Waals surface area (Å²) in [5, 5.41) is 4.49. The van der Waals surface area contributed by atoms with Gasteiger partial charge in [0.25, 0.3) is 0 Å². The fraction of sp³-hybridized carbons (Fsp3) is 0.0833. The van der Waals surface area contributed by atoms with Gasteiger partial charge in [0.1, 0.15) is 5.82 Å². The van der Waals surface area contributed by atoms with E-state index in [2.05, 4.69) is 60.2 Å². The molecule has 4 aromatic rings. The highest BCUT2D eigenvalue weighted by Crippen LogP contribution is 2.26. The molecule has 0 aliphatic rings. The summed E-state index contributed by atoms with van der Waals surface area (Å²) in [4.78, 5) is 9.10. The van der Waals surface area contributed by atoms with E-state index >= 15 is 0 Å². The number of benzene rings is 2. The molecule has 0 atom stereocenters. The van der Waals surface area contributed by atoms with Crippen molar-refractivity contribution in [1.29, 1.82) is 0 Å². The number of hydrogen-bond donors (Lipinski definition) is 2. The standard InChI is InChI=1S/C24H22N4/c1-3-18-7-8-20(13-16(18)2)23-11-9-21(25)24(28-23)27-15-17-6-10-22-19(14-17)5-4-12-26-22/h3-14H,1,15,25H2,2H3,(H,27,28). The third-order valence-corrected chi connectivity index (χ3v) is 4.84. The van der Waals surface area contributed by atoms with Crippen molar-refractivity contribution in [1.82, 2.24) is 9.97 Å². The molecule has 4 nitrogen and oxygen atoms in total. The number of aryl methyl sites for hydroxylation is 1. The Bertz CT molecular complexity index is 1160. The number of nitrogens with two attached hydrogens (primary N) is 1. The number of aromatic nitrogens is 2. The number of rotatable bonds is 5. The Morgan fingerprint density at radius 1 is 1.07 bits per heavy atom. The molecule has 3 N–H and O–H groups in total. The van der Waals surface area contributed by atoms with E-state index in [9.17, 15) is 0 Å². The Balaban J connectivity index is 1.58. The van der Waals surface area contributed by atoms with Gasteiger partial charge >= 0.3 is 0 Å². The Morgan fingerprint density at radius 3 is 2.79 bits per heavy atom. The fourth-order valence-electron chi connectivity index (χ4n) is 3.26. The third kappa shape index (κ3) is 3.58. The van der Waals surface area contributed by atoms with Crippen LogP contribution in [0, 0.1) is 6.92 Å². The van der Waals surface area contributed by atoms with E-state index in [1.54, 1.807) is 6.20 Å². The lowest BCUT2D eigenvalue weighted by Crippen LogP contribution is -2.05. The van der Waals surface area contributed by atoms with Crippen LogP contribution in [-0.4, -0.2) is 9.97 Å². The highest BCUT2D eigenvalue weighted by molar-refractivity contribution is 5.79. The van der Waals surface area contributed by atoms with E-state index in [-0.39, 0.29) is 0 Å². The topological polar surface area (TPSA) is 63.8 Å². The molecule has 0 bridgehead atoms. The van der Waals surface area contributed by atoms with Crippen LogP contribution in [0.2, 0.25) is 0 Å². The largest absolute Gasteiger partial charge is 0.396 e. The third-order valence-electron chi connectivity index (χ3n) is 4.84. The second-order valence-electron chi connectivity index (χ2n) is 6.79. The summed E-state index contributed by atoms with van der Waals surface area (Å²) >= 11 is 0. The minimum absolute atomic E-state index is 0.630. The lowest BCUT2D eigenvalue weighted by atomic mass is 10.0. The molecule has 2 aromatic heterocycles. The van der Waals surface area contributed by atoms with Gasteiger partial charge in [0.2, 0.25) is 0 Å². The molecule has 0 spiro atoms. The molecule has 0 saturated carbocycles. The molecule has 0 aliphatic heterocycles. The maximum Gasteiger partial charge on any atom is 0.150 e. The van der Waals surface area contributed by atoms with Crippen molar-refractivity contribution >= 4 is 28.5 Å². The second-order valence-corrected chi connectivity index (χ2v) is 6.79. The minimum Gasteiger partial charge on any atom is -0.396 e. The lowest BCUT2D eigenvalue weighted by Gasteiger charge is -2.12. The van der Waals surface area contributed by atoms with Gasteiger partial charge in [-0.2, -0.15) is 0 Å². The molecule has 2 heterocycles. The van der Waals surface area contributed by atoms with E-state index < -0.39 is 0 Å². The van der Waals surface area contributed by atoms with Gasteiger partial charge in [-0.3, -0.25) is 4.98 Å². The number of nitrogen functional groups attached to an aromatic ring is 1. The maximum absolute atomic E-state index is 6.15. The van der Waals surface area contributed by atoms with Crippen molar-refractivity contribution in [2.45, 2.75) is 13.5 Å². The van der Waals surface area contributed by atoms with Gasteiger partial charge in [0.05, 0.1) is 16.9 Å². The van der Waals surface area contributed by atoms with Crippen molar-refractivity contribution in [3.63, 3.8) is 0 Å². The molecule has 2 aromatic carbocycles. The average Bonchev–Trinajstić information content (AvgIpc) is 2.73. The Labute approximate surface area is 164 Å². The molecular formula is C24H22N4. The molecule has 28 heavy (non-hydrogen) atoms. The first-order valence-electron chi connectivity index (χ1n) is 9.21. The van der Waals surface area contributed by atoms with Crippen LogP contribution < -0.4 is 11.1 Å². The molecule has 0 fully saturated rings. The van der Waals surface area contributed by atoms with Gasteiger partial charge in [-0.25, -0.2) is 4.98 Å². The highest BCUT2D eigenvalue weighted by atomic mass is 15.0. The monoisotopic (exact) mass is 366 g/mol. The smallest absolute Gasteiger partial charge is 0.150 e. The number of nitrogens with zero attached hydrogens (tertiary/aromatic N) is 2. The van der Waals surface area contributed by atoms with Gasteiger partial charge in [-0.05, 0) is 60.0 Å². The average molecular weight is 366 g/mol. The zero-order valence-electron chi connectivity index (χ0n) is 15.8. The molecule has 0 unspecified atom stereocenters. The van der Waals surface area contributed by atoms with Crippen LogP contribution in [0.25, 0.3) is 28.2 Å². The molecule has 0 saturated heterocycles. The first-order chi connectivity index (χ1) is 13.6. The molecule has 138 valence electrons. The Kier molecular flexibility index (Phi) is 4.77. The normalized spacial score (nSPS) is 10.8. The number of pyridine rings is 2. The molecule has 0 radical (unpaired) electrons. The van der Waals surface area contributed by atoms with Crippen LogP contribution in [0.3, 0.4) is 0 Å². The van der Waals surface area contributed by atoms with Crippen molar-refractivity contribution in [3.8, 4) is 11.3 Å². The van der Waals surface area contributed by atoms with Crippen molar-refractivity contribution in [2.75, 3.05) is 11.1 Å². The summed E-state index contributed by atoms with van der Waals surface area (Å²) in [6.45, 7) is 6.56. The SMILES string of the molecule is C=Cc1ccc(-c2ccc(N)c(NCc3ccc4ncccc4c3)n2)cc1C. The summed E-state index contributed by atoms with van der Waals surface area (Å²) in [5.74, 6) is 0.689. The van der Waals surface area contributed by atoms with E-state index in [0.29, 0.717) is 18.1 Å². The molecule has 0 aliphatic carbocycles. The lowest BCUT2D eigenvalue weighted by molar-refractivity contribution is 1.12. The summed E-state index contributed by atoms with van der Waals surface area (Å²) in [6.07, 6.45) is 3.67. The number of fused-ring (bicyclic) bond motifs is 1. The fourth-order valence-corrected chi connectivity index (χ4v) is 3.26. The van der Waals surface area contributed by atoms with Gasteiger partial charge in [-0.1, -0.05) is 36.9 Å². The minimum atomic E-state index is 0.630. The maximum atomic E-state index is 6.15. The van der Waals surface area contributed by atoms with Gasteiger partial charge in [0, 0.05) is 23.7 Å². The number of anilines is 2. The van der Waals surface area contributed by atoms with Crippen molar-refractivity contribution in [3.05, 3.63) is 90.1 Å². The number of nitrogens with one attached hydrogen (secondary N) is 1. The predicted molar refractivity (Wildman–Crippen MR) is 118 cm³/mol. The van der Waals surface area contributed by atoms with E-state index in [1.807, 2.05) is 30.3 Å². The number of hydrogen-bond acceptors (Lipinski definition) is 4. The van der Waals surface area contributed by atoms with Crippen LogP contribution >= 0.6 is 0 Å². The second kappa shape index (κ2) is 7.53. The Hall–Kier alpha value is -3.66. The summed E-state index contributed by atoms with van der Waals surface area (Å²) < 4.78 is 0. The predicted octanol–water partition coefficient (Wildman–Crippen LogP) is 5.44. The van der Waals surface area contributed by atoms with E-state index in [4.69, 9.17) is 10.7 Å². The first kappa shape index (κ1) is 17.7. The quantitative estimate of drug-likeness (QED) is 0.493. The zero-order valence-corrected chi connectivity index (χ0v) is 15.8. The first-order valence-corrected chi connectivity index (χ1v) is 9.21. The Morgan fingerprint density at radius 2 is 1.96 bits per heavy atom. The summed E-state index contributed by atoms with van der Waals surface area (Å²) in [6, 6.07) is 20.3. The van der Waals surface area contributed by atoms with Gasteiger partial charge in [0.15, 0.2) is 0 Å². The van der Waals surface area contributed by atoms with Crippen molar-refractivity contribution in [2.24, 2.45) is 0 Å². The van der Waals surface area contributed by atoms with Crippen LogP contribution in [0.1, 0.15) is 16.7 Å². The van der Waals surface area contributed by atoms with Crippen LogP contribution in [0.5, 0.6) is 0 Å². The highest BCUT2D eigenvalue weighted by Gasteiger charge is 2.07. The summed E-state index contributed by atoms with van der Waals surface area (Å²) in [5.41, 5.74) is 13.2. The van der Waals surface area contributed by atoms with Crippen LogP contribution in [0.4, 0.5) is 11.5 Å². The molecule has 0 amide bonds. The van der Waals surface area contributed by atoms with Crippen LogP contribution in [0.15, 0.2) is 73.4 Å².